The molecule has 0 amide bonds. The van der Waals surface area contributed by atoms with Crippen molar-refractivity contribution in [2.75, 3.05) is 26.7 Å². The van der Waals surface area contributed by atoms with Gasteiger partial charge < -0.3 is 15.3 Å². The Balaban J connectivity index is 2.55. The smallest absolute Gasteiger partial charge is 0.0613 e. The van der Waals surface area contributed by atoms with Gasteiger partial charge in [-0.25, -0.2) is 0 Å². The predicted molar refractivity (Wildman–Crippen MR) is 73.2 cm³/mol. The molecule has 0 bridgehead atoms. The number of hydrogen-bond donors (Lipinski definition) is 2. The third kappa shape index (κ3) is 3.67. The van der Waals surface area contributed by atoms with Crippen molar-refractivity contribution >= 4 is 0 Å². The molecule has 3 unspecified atom stereocenters. The SMILES string of the molecule is CCC(C)CN(CC)C1CCC(CO)(NC)C1. The molecule has 0 aromatic rings. The largest absolute Gasteiger partial charge is 0.394 e. The van der Waals surface area contributed by atoms with Crippen LogP contribution in [0.1, 0.15) is 46.5 Å². The second-order valence-corrected chi connectivity index (χ2v) is 5.69. The molecular weight excluding hydrogens is 212 g/mol. The number of nitrogens with zero attached hydrogens (tertiary/aromatic N) is 1. The topological polar surface area (TPSA) is 35.5 Å². The van der Waals surface area contributed by atoms with Gasteiger partial charge >= 0.3 is 0 Å². The molecule has 0 spiro atoms. The van der Waals surface area contributed by atoms with Gasteiger partial charge in [-0.2, -0.15) is 0 Å². The number of nitrogens with one attached hydrogen (secondary N) is 1. The van der Waals surface area contributed by atoms with Crippen molar-refractivity contribution in [1.29, 1.82) is 0 Å². The summed E-state index contributed by atoms with van der Waals surface area (Å²) in [5.41, 5.74) is -0.0203. The van der Waals surface area contributed by atoms with Gasteiger partial charge in [-0.1, -0.05) is 27.2 Å². The van der Waals surface area contributed by atoms with Crippen LogP contribution in [0.15, 0.2) is 0 Å². The quantitative estimate of drug-likeness (QED) is 0.715. The first kappa shape index (κ1) is 14.9. The summed E-state index contributed by atoms with van der Waals surface area (Å²) in [6.45, 7) is 9.43. The van der Waals surface area contributed by atoms with E-state index in [4.69, 9.17) is 0 Å². The highest BCUT2D eigenvalue weighted by molar-refractivity contribution is 4.98. The Kier molecular flexibility index (Phi) is 5.90. The summed E-state index contributed by atoms with van der Waals surface area (Å²) in [4.78, 5) is 2.60. The fourth-order valence-electron chi connectivity index (χ4n) is 2.93. The van der Waals surface area contributed by atoms with Gasteiger partial charge in [0.15, 0.2) is 0 Å². The van der Waals surface area contributed by atoms with E-state index < -0.39 is 0 Å². The van der Waals surface area contributed by atoms with Gasteiger partial charge in [-0.05, 0) is 38.8 Å². The van der Waals surface area contributed by atoms with E-state index in [2.05, 4.69) is 31.0 Å². The molecular formula is C14H30N2O. The fraction of sp³-hybridized carbons (Fsp3) is 1.00. The Morgan fingerprint density at radius 1 is 1.47 bits per heavy atom. The van der Waals surface area contributed by atoms with Gasteiger partial charge in [0.25, 0.3) is 0 Å². The monoisotopic (exact) mass is 242 g/mol. The molecule has 1 rings (SSSR count). The molecule has 0 heterocycles. The summed E-state index contributed by atoms with van der Waals surface area (Å²) in [7, 11) is 1.98. The minimum Gasteiger partial charge on any atom is -0.394 e. The average molecular weight is 242 g/mol. The van der Waals surface area contributed by atoms with Gasteiger partial charge in [-0.3, -0.25) is 0 Å². The molecule has 1 aliphatic carbocycles. The Hall–Kier alpha value is -0.120. The highest BCUT2D eigenvalue weighted by Crippen LogP contribution is 2.33. The van der Waals surface area contributed by atoms with Crippen molar-refractivity contribution in [2.45, 2.75) is 58.0 Å². The normalized spacial score (nSPS) is 31.1. The molecule has 3 nitrogen and oxygen atoms in total. The second kappa shape index (κ2) is 6.72. The van der Waals surface area contributed by atoms with Crippen LogP contribution in [-0.2, 0) is 0 Å². The van der Waals surface area contributed by atoms with Gasteiger partial charge in [-0.15, -0.1) is 0 Å². The van der Waals surface area contributed by atoms with Crippen LogP contribution < -0.4 is 5.32 Å². The predicted octanol–water partition coefficient (Wildman–Crippen LogP) is 1.86. The highest BCUT2D eigenvalue weighted by Gasteiger charge is 2.39. The minimum absolute atomic E-state index is 0.0203. The van der Waals surface area contributed by atoms with Crippen molar-refractivity contribution in [1.82, 2.24) is 10.2 Å². The van der Waals surface area contributed by atoms with Gasteiger partial charge in [0.1, 0.15) is 0 Å². The number of aliphatic hydroxyl groups excluding tert-OH is 1. The molecule has 0 aromatic heterocycles. The summed E-state index contributed by atoms with van der Waals surface area (Å²) in [5.74, 6) is 0.772. The van der Waals surface area contributed by atoms with Crippen LogP contribution in [0.3, 0.4) is 0 Å². The first-order valence-electron chi connectivity index (χ1n) is 7.14. The van der Waals surface area contributed by atoms with Gasteiger partial charge in [0, 0.05) is 18.1 Å². The van der Waals surface area contributed by atoms with Crippen molar-refractivity contribution in [3.8, 4) is 0 Å². The second-order valence-electron chi connectivity index (χ2n) is 5.69. The van der Waals surface area contributed by atoms with E-state index >= 15 is 0 Å². The lowest BCUT2D eigenvalue weighted by Crippen LogP contribution is -2.46. The Bertz CT molecular complexity index is 216. The maximum atomic E-state index is 9.54. The van der Waals surface area contributed by atoms with Crippen LogP contribution in [0.4, 0.5) is 0 Å². The number of hydrogen-bond acceptors (Lipinski definition) is 3. The van der Waals surface area contributed by atoms with Crippen molar-refractivity contribution < 1.29 is 5.11 Å². The van der Waals surface area contributed by atoms with Crippen molar-refractivity contribution in [3.05, 3.63) is 0 Å². The van der Waals surface area contributed by atoms with E-state index in [1.165, 1.54) is 19.4 Å². The zero-order chi connectivity index (χ0) is 12.9. The molecule has 1 saturated carbocycles. The third-order valence-electron chi connectivity index (χ3n) is 4.58. The molecule has 0 aliphatic heterocycles. The van der Waals surface area contributed by atoms with Crippen molar-refractivity contribution in [2.24, 2.45) is 5.92 Å². The molecule has 17 heavy (non-hydrogen) atoms. The summed E-state index contributed by atoms with van der Waals surface area (Å²) in [5, 5.41) is 12.9. The molecule has 102 valence electrons. The summed E-state index contributed by atoms with van der Waals surface area (Å²) < 4.78 is 0. The van der Waals surface area contributed by atoms with Crippen LogP contribution in [-0.4, -0.2) is 48.3 Å². The molecule has 1 fully saturated rings. The summed E-state index contributed by atoms with van der Waals surface area (Å²) in [6.07, 6.45) is 4.65. The van der Waals surface area contributed by atoms with E-state index in [1.807, 2.05) is 7.05 Å². The van der Waals surface area contributed by atoms with E-state index in [-0.39, 0.29) is 12.1 Å². The standard InChI is InChI=1S/C14H30N2O/c1-5-12(3)10-16(6-2)13-7-8-14(9-13,11-17)15-4/h12-13,15,17H,5-11H2,1-4H3. The van der Waals surface area contributed by atoms with E-state index in [1.54, 1.807) is 0 Å². The van der Waals surface area contributed by atoms with E-state index in [0.29, 0.717) is 6.04 Å². The minimum atomic E-state index is -0.0203. The first-order chi connectivity index (χ1) is 8.10. The average Bonchev–Trinajstić information content (AvgIpc) is 2.80. The van der Waals surface area contributed by atoms with Gasteiger partial charge in [0.2, 0.25) is 0 Å². The zero-order valence-electron chi connectivity index (χ0n) is 12.0. The van der Waals surface area contributed by atoms with Gasteiger partial charge in [0.05, 0.1) is 6.61 Å². The van der Waals surface area contributed by atoms with Crippen LogP contribution in [0.5, 0.6) is 0 Å². The Morgan fingerprint density at radius 2 is 2.18 bits per heavy atom. The van der Waals surface area contributed by atoms with Crippen LogP contribution in [0, 0.1) is 5.92 Å². The summed E-state index contributed by atoms with van der Waals surface area (Å²) in [6, 6.07) is 0.647. The maximum absolute atomic E-state index is 9.54. The van der Waals surface area contributed by atoms with Crippen LogP contribution in [0.2, 0.25) is 0 Å². The summed E-state index contributed by atoms with van der Waals surface area (Å²) >= 11 is 0. The Labute approximate surface area is 107 Å². The fourth-order valence-corrected chi connectivity index (χ4v) is 2.93. The highest BCUT2D eigenvalue weighted by atomic mass is 16.3. The molecule has 1 aliphatic rings. The zero-order valence-corrected chi connectivity index (χ0v) is 12.0. The van der Waals surface area contributed by atoms with E-state index in [0.717, 1.165) is 25.3 Å². The number of aliphatic hydroxyl groups is 1. The molecule has 0 aromatic carbocycles. The maximum Gasteiger partial charge on any atom is 0.0613 e. The van der Waals surface area contributed by atoms with Crippen molar-refractivity contribution in [3.63, 3.8) is 0 Å². The number of likely N-dealkylation sites (N-methyl/N-ethyl adjacent to an activating group) is 1. The first-order valence-corrected chi connectivity index (χ1v) is 7.14. The molecule has 3 heteroatoms. The van der Waals surface area contributed by atoms with E-state index in [9.17, 15) is 5.11 Å². The lowest BCUT2D eigenvalue weighted by molar-refractivity contribution is 0.141. The van der Waals surface area contributed by atoms with Crippen LogP contribution >= 0.6 is 0 Å². The lowest BCUT2D eigenvalue weighted by atomic mass is 9.98. The lowest BCUT2D eigenvalue weighted by Gasteiger charge is -2.32. The molecule has 0 saturated heterocycles. The number of rotatable bonds is 7. The molecule has 0 radical (unpaired) electrons. The Morgan fingerprint density at radius 3 is 2.59 bits per heavy atom. The molecule has 2 N–H and O–H groups in total. The van der Waals surface area contributed by atoms with Crippen LogP contribution in [0.25, 0.3) is 0 Å². The third-order valence-corrected chi connectivity index (χ3v) is 4.58. The molecule has 3 atom stereocenters.